The number of pyridine rings is 1. The number of hydrogen-bond donors (Lipinski definition) is 0. The van der Waals surface area contributed by atoms with Crippen molar-refractivity contribution in [2.24, 2.45) is 0 Å². The summed E-state index contributed by atoms with van der Waals surface area (Å²) in [6.45, 7) is 0. The normalized spacial score (nSPS) is 20.0. The van der Waals surface area contributed by atoms with Crippen LogP contribution >= 0.6 is 0 Å². The van der Waals surface area contributed by atoms with E-state index >= 15 is 0 Å². The first-order valence-electron chi connectivity index (χ1n) is 7.63. The number of nitrogens with zero attached hydrogens (tertiary/aromatic N) is 1. The van der Waals surface area contributed by atoms with Crippen LogP contribution in [-0.4, -0.2) is 4.98 Å². The van der Waals surface area contributed by atoms with Crippen molar-refractivity contribution in [1.29, 1.82) is 0 Å². The molecule has 0 unspecified atom stereocenters. The molecule has 0 saturated heterocycles. The second kappa shape index (κ2) is 5.64. The van der Waals surface area contributed by atoms with Crippen LogP contribution in [0.1, 0.15) is 35.3 Å². The van der Waals surface area contributed by atoms with Crippen molar-refractivity contribution in [2.45, 2.75) is 18.4 Å². The summed E-state index contributed by atoms with van der Waals surface area (Å²) in [4.78, 5) is 4.48. The minimum Gasteiger partial charge on any atom is -0.484 e. The molecule has 2 atom stereocenters. The van der Waals surface area contributed by atoms with Crippen LogP contribution in [0.25, 0.3) is 0 Å². The topological polar surface area (TPSA) is 22.1 Å². The van der Waals surface area contributed by atoms with Crippen molar-refractivity contribution in [2.75, 3.05) is 0 Å². The van der Waals surface area contributed by atoms with Gasteiger partial charge in [-0.3, -0.25) is 4.98 Å². The maximum absolute atomic E-state index is 6.21. The molecule has 1 aromatic heterocycles. The summed E-state index contributed by atoms with van der Waals surface area (Å²) in [5.41, 5.74) is 3.60. The number of para-hydroxylation sites is 1. The Morgan fingerprint density at radius 2 is 1.59 bits per heavy atom. The lowest BCUT2D eigenvalue weighted by Gasteiger charge is -2.32. The van der Waals surface area contributed by atoms with E-state index in [1.807, 2.05) is 30.5 Å². The molecule has 0 saturated carbocycles. The first-order chi connectivity index (χ1) is 10.9. The molecule has 1 aliphatic rings. The van der Waals surface area contributed by atoms with Gasteiger partial charge in [0.2, 0.25) is 0 Å². The summed E-state index contributed by atoms with van der Waals surface area (Å²) in [6.07, 6.45) is 2.75. The summed E-state index contributed by atoms with van der Waals surface area (Å²) in [5.74, 6) is 1.32. The zero-order chi connectivity index (χ0) is 14.8. The van der Waals surface area contributed by atoms with Gasteiger partial charge in [0.05, 0.1) is 5.69 Å². The summed E-state index contributed by atoms with van der Waals surface area (Å²) in [6, 6.07) is 25.0. The van der Waals surface area contributed by atoms with Crippen molar-refractivity contribution in [3.8, 4) is 5.75 Å². The monoisotopic (exact) mass is 287 g/mol. The van der Waals surface area contributed by atoms with Gasteiger partial charge in [0, 0.05) is 24.1 Å². The van der Waals surface area contributed by atoms with E-state index in [2.05, 4.69) is 53.5 Å². The van der Waals surface area contributed by atoms with Gasteiger partial charge in [0.1, 0.15) is 11.9 Å². The van der Waals surface area contributed by atoms with E-state index in [9.17, 15) is 0 Å². The Bertz CT molecular complexity index is 755. The highest BCUT2D eigenvalue weighted by atomic mass is 16.5. The van der Waals surface area contributed by atoms with Crippen LogP contribution in [0.5, 0.6) is 5.75 Å². The van der Waals surface area contributed by atoms with Crippen LogP contribution in [0.4, 0.5) is 0 Å². The lowest BCUT2D eigenvalue weighted by molar-refractivity contribution is 0.163. The van der Waals surface area contributed by atoms with Gasteiger partial charge in [-0.05, 0) is 23.8 Å². The smallest absolute Gasteiger partial charge is 0.141 e. The predicted molar refractivity (Wildman–Crippen MR) is 87.0 cm³/mol. The van der Waals surface area contributed by atoms with E-state index in [0.717, 1.165) is 17.9 Å². The molecule has 2 heterocycles. The number of fused-ring (bicyclic) bond motifs is 1. The Morgan fingerprint density at radius 3 is 2.41 bits per heavy atom. The maximum atomic E-state index is 6.21. The SMILES string of the molecule is c1ccc([C@H]2C[C@@H](c3ccccn3)Oc3ccccc32)cc1. The molecule has 0 radical (unpaired) electrons. The fourth-order valence-corrected chi connectivity index (χ4v) is 3.17. The Hall–Kier alpha value is -2.61. The van der Waals surface area contributed by atoms with Crippen molar-refractivity contribution in [1.82, 2.24) is 4.98 Å². The molecule has 22 heavy (non-hydrogen) atoms. The van der Waals surface area contributed by atoms with Crippen LogP contribution in [0, 0.1) is 0 Å². The number of hydrogen-bond acceptors (Lipinski definition) is 2. The Labute approximate surface area is 130 Å². The van der Waals surface area contributed by atoms with Gasteiger partial charge in [-0.25, -0.2) is 0 Å². The van der Waals surface area contributed by atoms with Crippen LogP contribution in [0.3, 0.4) is 0 Å². The van der Waals surface area contributed by atoms with Gasteiger partial charge in [-0.2, -0.15) is 0 Å². The van der Waals surface area contributed by atoms with Gasteiger partial charge in [-0.15, -0.1) is 0 Å². The highest BCUT2D eigenvalue weighted by Gasteiger charge is 2.30. The minimum absolute atomic E-state index is 0.00121. The molecule has 0 aliphatic carbocycles. The predicted octanol–water partition coefficient (Wildman–Crippen LogP) is 4.74. The van der Waals surface area contributed by atoms with E-state index in [0.29, 0.717) is 5.92 Å². The van der Waals surface area contributed by atoms with E-state index in [1.54, 1.807) is 0 Å². The fourth-order valence-electron chi connectivity index (χ4n) is 3.17. The highest BCUT2D eigenvalue weighted by Crippen LogP contribution is 2.44. The van der Waals surface area contributed by atoms with Crippen LogP contribution in [0.15, 0.2) is 79.0 Å². The van der Waals surface area contributed by atoms with E-state index in [1.165, 1.54) is 11.1 Å². The van der Waals surface area contributed by atoms with E-state index in [4.69, 9.17) is 4.74 Å². The third-order valence-corrected chi connectivity index (χ3v) is 4.23. The minimum atomic E-state index is 0.00121. The van der Waals surface area contributed by atoms with Gasteiger partial charge in [-0.1, -0.05) is 54.6 Å². The lowest BCUT2D eigenvalue weighted by atomic mass is 9.83. The van der Waals surface area contributed by atoms with Crippen LogP contribution in [-0.2, 0) is 0 Å². The largest absolute Gasteiger partial charge is 0.484 e. The second-order valence-corrected chi connectivity index (χ2v) is 5.60. The zero-order valence-corrected chi connectivity index (χ0v) is 12.2. The summed E-state index contributed by atoms with van der Waals surface area (Å²) < 4.78 is 6.21. The van der Waals surface area contributed by atoms with Gasteiger partial charge in [0.15, 0.2) is 0 Å². The molecule has 108 valence electrons. The standard InChI is InChI=1S/C20H17NO/c1-2-8-15(9-3-1)17-14-20(18-11-6-7-13-21-18)22-19-12-5-4-10-16(17)19/h1-13,17,20H,14H2/t17-,20+/m1/s1. The van der Waals surface area contributed by atoms with Crippen molar-refractivity contribution in [3.63, 3.8) is 0 Å². The number of rotatable bonds is 2. The quantitative estimate of drug-likeness (QED) is 0.679. The molecule has 4 rings (SSSR count). The molecule has 1 aliphatic heterocycles. The average Bonchev–Trinajstić information content (AvgIpc) is 2.62. The molecule has 0 amide bonds. The zero-order valence-electron chi connectivity index (χ0n) is 12.2. The van der Waals surface area contributed by atoms with E-state index in [-0.39, 0.29) is 6.10 Å². The number of aromatic nitrogens is 1. The van der Waals surface area contributed by atoms with Gasteiger partial charge < -0.3 is 4.74 Å². The Balaban J connectivity index is 1.77. The van der Waals surface area contributed by atoms with Crippen molar-refractivity contribution < 1.29 is 4.74 Å². The lowest BCUT2D eigenvalue weighted by Crippen LogP contribution is -2.20. The molecule has 0 spiro atoms. The van der Waals surface area contributed by atoms with Crippen molar-refractivity contribution in [3.05, 3.63) is 95.8 Å². The molecule has 0 bridgehead atoms. The van der Waals surface area contributed by atoms with Gasteiger partial charge >= 0.3 is 0 Å². The highest BCUT2D eigenvalue weighted by molar-refractivity contribution is 5.44. The molecular weight excluding hydrogens is 270 g/mol. The third-order valence-electron chi connectivity index (χ3n) is 4.23. The average molecular weight is 287 g/mol. The molecule has 3 aromatic rings. The van der Waals surface area contributed by atoms with Crippen LogP contribution < -0.4 is 4.74 Å². The van der Waals surface area contributed by atoms with Crippen LogP contribution in [0.2, 0.25) is 0 Å². The second-order valence-electron chi connectivity index (χ2n) is 5.60. The Kier molecular flexibility index (Phi) is 3.36. The maximum Gasteiger partial charge on any atom is 0.141 e. The summed E-state index contributed by atoms with van der Waals surface area (Å²) in [5, 5.41) is 0. The number of ether oxygens (including phenoxy) is 1. The number of benzene rings is 2. The molecule has 2 aromatic carbocycles. The molecule has 2 nitrogen and oxygen atoms in total. The first kappa shape index (κ1) is 13.1. The molecule has 0 N–H and O–H groups in total. The third kappa shape index (κ3) is 2.37. The summed E-state index contributed by atoms with van der Waals surface area (Å²) >= 11 is 0. The summed E-state index contributed by atoms with van der Waals surface area (Å²) in [7, 11) is 0. The molecule has 2 heteroatoms. The van der Waals surface area contributed by atoms with E-state index < -0.39 is 0 Å². The Morgan fingerprint density at radius 1 is 0.818 bits per heavy atom. The molecule has 0 fully saturated rings. The fraction of sp³-hybridized carbons (Fsp3) is 0.150. The van der Waals surface area contributed by atoms with Gasteiger partial charge in [0.25, 0.3) is 0 Å². The molecular formula is C20H17NO. The van der Waals surface area contributed by atoms with Crippen molar-refractivity contribution >= 4 is 0 Å². The first-order valence-corrected chi connectivity index (χ1v) is 7.63.